The number of amides is 1. The van der Waals surface area contributed by atoms with Crippen LogP contribution in [0.2, 0.25) is 0 Å². The van der Waals surface area contributed by atoms with Crippen LogP contribution in [0.25, 0.3) is 0 Å². The van der Waals surface area contributed by atoms with Gasteiger partial charge in [0, 0.05) is 31.1 Å². The number of carbonyl (C=O) groups is 1. The molecule has 2 N–H and O–H groups in total. The van der Waals surface area contributed by atoms with Gasteiger partial charge in [-0.25, -0.2) is 4.39 Å². The molecule has 5 heteroatoms. The van der Waals surface area contributed by atoms with Gasteiger partial charge in [-0.2, -0.15) is 0 Å². The molecule has 0 saturated carbocycles. The highest BCUT2D eigenvalue weighted by molar-refractivity contribution is 5.76. The third kappa shape index (κ3) is 3.44. The van der Waals surface area contributed by atoms with Crippen LogP contribution in [0.4, 0.5) is 4.39 Å². The number of halogens is 1. The Labute approximate surface area is 112 Å². The van der Waals surface area contributed by atoms with Crippen molar-refractivity contribution in [2.24, 2.45) is 5.73 Å². The standard InChI is InChI=1S/C14H19FN2O2/c1-19-13-4-2-11(15)8-10(13)9-17-7-6-12(16)3-5-14(17)18/h2,4,8,12H,3,5-7,9,16H2,1H3. The van der Waals surface area contributed by atoms with Crippen molar-refractivity contribution < 1.29 is 13.9 Å². The number of hydrogen-bond acceptors (Lipinski definition) is 3. The first kappa shape index (κ1) is 13.8. The Bertz CT molecular complexity index is 465. The number of nitrogens with two attached hydrogens (primary N) is 1. The average molecular weight is 266 g/mol. The number of rotatable bonds is 3. The Hall–Kier alpha value is -1.62. The summed E-state index contributed by atoms with van der Waals surface area (Å²) in [5, 5.41) is 0. The monoisotopic (exact) mass is 266 g/mol. The van der Waals surface area contributed by atoms with E-state index in [1.165, 1.54) is 19.2 Å². The zero-order valence-corrected chi connectivity index (χ0v) is 11.1. The Morgan fingerprint density at radius 2 is 2.26 bits per heavy atom. The summed E-state index contributed by atoms with van der Waals surface area (Å²) in [4.78, 5) is 13.7. The summed E-state index contributed by atoms with van der Waals surface area (Å²) in [6.07, 6.45) is 1.96. The minimum atomic E-state index is -0.324. The van der Waals surface area contributed by atoms with Crippen molar-refractivity contribution in [1.82, 2.24) is 4.90 Å². The molecule has 1 atom stereocenters. The maximum Gasteiger partial charge on any atom is 0.222 e. The Morgan fingerprint density at radius 1 is 1.47 bits per heavy atom. The van der Waals surface area contributed by atoms with E-state index >= 15 is 0 Å². The van der Waals surface area contributed by atoms with Crippen LogP contribution in [0, 0.1) is 5.82 Å². The van der Waals surface area contributed by atoms with Gasteiger partial charge in [-0.05, 0) is 31.0 Å². The molecule has 1 aromatic carbocycles. The molecule has 2 rings (SSSR count). The number of carbonyl (C=O) groups excluding carboxylic acids is 1. The van der Waals surface area contributed by atoms with Gasteiger partial charge in [0.05, 0.1) is 7.11 Å². The zero-order valence-electron chi connectivity index (χ0n) is 11.1. The molecule has 104 valence electrons. The highest BCUT2D eigenvalue weighted by Crippen LogP contribution is 2.22. The lowest BCUT2D eigenvalue weighted by Gasteiger charge is -2.22. The molecule has 1 fully saturated rings. The Morgan fingerprint density at radius 3 is 3.00 bits per heavy atom. The highest BCUT2D eigenvalue weighted by atomic mass is 19.1. The summed E-state index contributed by atoms with van der Waals surface area (Å²) >= 11 is 0. The average Bonchev–Trinajstić information content (AvgIpc) is 2.54. The van der Waals surface area contributed by atoms with Crippen LogP contribution in [0.3, 0.4) is 0 Å². The molecule has 0 radical (unpaired) electrons. The first-order chi connectivity index (χ1) is 9.10. The lowest BCUT2D eigenvalue weighted by Crippen LogP contribution is -2.30. The van der Waals surface area contributed by atoms with E-state index in [1.807, 2.05) is 0 Å². The van der Waals surface area contributed by atoms with Crippen molar-refractivity contribution in [2.45, 2.75) is 31.8 Å². The van der Waals surface area contributed by atoms with Gasteiger partial charge in [-0.1, -0.05) is 0 Å². The molecule has 1 saturated heterocycles. The molecular weight excluding hydrogens is 247 g/mol. The van der Waals surface area contributed by atoms with E-state index in [9.17, 15) is 9.18 Å². The number of methoxy groups -OCH3 is 1. The molecular formula is C14H19FN2O2. The number of benzene rings is 1. The van der Waals surface area contributed by atoms with E-state index in [4.69, 9.17) is 10.5 Å². The van der Waals surface area contributed by atoms with Gasteiger partial charge >= 0.3 is 0 Å². The summed E-state index contributed by atoms with van der Waals surface area (Å²) < 4.78 is 18.5. The fourth-order valence-electron chi connectivity index (χ4n) is 2.30. The van der Waals surface area contributed by atoms with Gasteiger partial charge in [-0.3, -0.25) is 4.79 Å². The zero-order chi connectivity index (χ0) is 13.8. The molecule has 4 nitrogen and oxygen atoms in total. The molecule has 0 aromatic heterocycles. The summed E-state index contributed by atoms with van der Waals surface area (Å²) in [5.41, 5.74) is 6.56. The van der Waals surface area contributed by atoms with Crippen molar-refractivity contribution in [2.75, 3.05) is 13.7 Å². The molecule has 1 aromatic rings. The van der Waals surface area contributed by atoms with Gasteiger partial charge in [0.1, 0.15) is 11.6 Å². The Kier molecular flexibility index (Phi) is 4.37. The van der Waals surface area contributed by atoms with Crippen LogP contribution >= 0.6 is 0 Å². The topological polar surface area (TPSA) is 55.6 Å². The van der Waals surface area contributed by atoms with Gasteiger partial charge in [-0.15, -0.1) is 0 Å². The Balaban J connectivity index is 2.15. The summed E-state index contributed by atoms with van der Waals surface area (Å²) in [6, 6.07) is 4.42. The second-order valence-corrected chi connectivity index (χ2v) is 4.86. The SMILES string of the molecule is COc1ccc(F)cc1CN1CCC(N)CCC1=O. The fraction of sp³-hybridized carbons (Fsp3) is 0.500. The van der Waals surface area contributed by atoms with Crippen LogP contribution in [0.1, 0.15) is 24.8 Å². The minimum absolute atomic E-state index is 0.0688. The normalized spacial score (nSPS) is 20.3. The van der Waals surface area contributed by atoms with E-state index < -0.39 is 0 Å². The van der Waals surface area contributed by atoms with Gasteiger partial charge in [0.2, 0.25) is 5.91 Å². The van der Waals surface area contributed by atoms with Crippen molar-refractivity contribution in [3.05, 3.63) is 29.6 Å². The van der Waals surface area contributed by atoms with E-state index in [0.717, 1.165) is 12.8 Å². The lowest BCUT2D eigenvalue weighted by molar-refractivity contribution is -0.131. The number of hydrogen-bond donors (Lipinski definition) is 1. The predicted octanol–water partition coefficient (Wildman–Crippen LogP) is 1.67. The first-order valence-electron chi connectivity index (χ1n) is 6.46. The summed E-state index contributed by atoms with van der Waals surface area (Å²) in [5.74, 6) is 0.344. The second-order valence-electron chi connectivity index (χ2n) is 4.86. The van der Waals surface area contributed by atoms with E-state index in [2.05, 4.69) is 0 Å². The molecule has 1 aliphatic heterocycles. The molecule has 1 amide bonds. The molecule has 1 unspecified atom stereocenters. The van der Waals surface area contributed by atoms with Crippen LogP contribution in [-0.2, 0) is 11.3 Å². The third-order valence-electron chi connectivity index (χ3n) is 3.46. The van der Waals surface area contributed by atoms with Crippen LogP contribution in [0.5, 0.6) is 5.75 Å². The molecule has 1 aliphatic rings. The van der Waals surface area contributed by atoms with E-state index in [-0.39, 0.29) is 17.8 Å². The molecule has 1 heterocycles. The van der Waals surface area contributed by atoms with Gasteiger partial charge in [0.15, 0.2) is 0 Å². The summed E-state index contributed by atoms with van der Waals surface area (Å²) in [6.45, 7) is 0.978. The van der Waals surface area contributed by atoms with Gasteiger partial charge < -0.3 is 15.4 Å². The smallest absolute Gasteiger partial charge is 0.222 e. The lowest BCUT2D eigenvalue weighted by atomic mass is 10.1. The third-order valence-corrected chi connectivity index (χ3v) is 3.46. The molecule has 19 heavy (non-hydrogen) atoms. The van der Waals surface area contributed by atoms with Crippen LogP contribution < -0.4 is 10.5 Å². The fourth-order valence-corrected chi connectivity index (χ4v) is 2.30. The van der Waals surface area contributed by atoms with Crippen molar-refractivity contribution in [3.8, 4) is 5.75 Å². The van der Waals surface area contributed by atoms with Crippen molar-refractivity contribution >= 4 is 5.91 Å². The van der Waals surface area contributed by atoms with E-state index in [0.29, 0.717) is 30.8 Å². The predicted molar refractivity (Wildman–Crippen MR) is 70.2 cm³/mol. The highest BCUT2D eigenvalue weighted by Gasteiger charge is 2.21. The number of nitrogens with zero attached hydrogens (tertiary/aromatic N) is 1. The molecule has 0 bridgehead atoms. The second kappa shape index (κ2) is 6.02. The molecule has 0 aliphatic carbocycles. The van der Waals surface area contributed by atoms with E-state index in [1.54, 1.807) is 11.0 Å². The largest absolute Gasteiger partial charge is 0.496 e. The van der Waals surface area contributed by atoms with Crippen LogP contribution in [0.15, 0.2) is 18.2 Å². The minimum Gasteiger partial charge on any atom is -0.496 e. The number of ether oxygens (including phenoxy) is 1. The first-order valence-corrected chi connectivity index (χ1v) is 6.46. The van der Waals surface area contributed by atoms with Crippen LogP contribution in [-0.4, -0.2) is 30.5 Å². The molecule has 0 spiro atoms. The van der Waals surface area contributed by atoms with Crippen molar-refractivity contribution in [3.63, 3.8) is 0 Å². The van der Waals surface area contributed by atoms with Crippen molar-refractivity contribution in [1.29, 1.82) is 0 Å². The summed E-state index contributed by atoms with van der Waals surface area (Å²) in [7, 11) is 1.54. The maximum absolute atomic E-state index is 13.3. The van der Waals surface area contributed by atoms with Gasteiger partial charge in [0.25, 0.3) is 0 Å². The number of likely N-dealkylation sites (tertiary alicyclic amines) is 1. The quantitative estimate of drug-likeness (QED) is 0.905. The maximum atomic E-state index is 13.3.